The smallest absolute Gasteiger partial charge is 0.140 e. The highest BCUT2D eigenvalue weighted by Gasteiger charge is 2.11. The summed E-state index contributed by atoms with van der Waals surface area (Å²) in [6.07, 6.45) is 4.03. The van der Waals surface area contributed by atoms with Crippen LogP contribution in [0.15, 0.2) is 48.5 Å². The van der Waals surface area contributed by atoms with Gasteiger partial charge in [-0.2, -0.15) is 0 Å². The van der Waals surface area contributed by atoms with Gasteiger partial charge in [0.15, 0.2) is 0 Å². The first-order chi connectivity index (χ1) is 12.3. The van der Waals surface area contributed by atoms with E-state index in [4.69, 9.17) is 9.72 Å². The minimum atomic E-state index is 0.756. The molecule has 4 nitrogen and oxygen atoms in total. The number of aryl methyl sites for hydroxylation is 1. The van der Waals surface area contributed by atoms with Crippen molar-refractivity contribution in [2.24, 2.45) is 7.05 Å². The number of hydrogen-bond acceptors (Lipinski definition) is 3. The molecule has 0 N–H and O–H groups in total. The van der Waals surface area contributed by atoms with Crippen molar-refractivity contribution in [1.82, 2.24) is 14.5 Å². The molecule has 130 valence electrons. The molecule has 0 amide bonds. The minimum absolute atomic E-state index is 0.756. The molecule has 0 unspecified atom stereocenters. The maximum absolute atomic E-state index is 5.92. The van der Waals surface area contributed by atoms with E-state index in [9.17, 15) is 0 Å². The number of imidazole rings is 1. The number of ether oxygens (including phenoxy) is 1. The summed E-state index contributed by atoms with van der Waals surface area (Å²) in [7, 11) is 2.06. The van der Waals surface area contributed by atoms with Crippen LogP contribution in [0.1, 0.15) is 19.3 Å². The largest absolute Gasteiger partial charge is 0.492 e. The van der Waals surface area contributed by atoms with Gasteiger partial charge in [0.2, 0.25) is 0 Å². The first-order valence-electron chi connectivity index (χ1n) is 9.18. The molecule has 1 aliphatic heterocycles. The molecule has 2 aromatic carbocycles. The van der Waals surface area contributed by atoms with Gasteiger partial charge < -0.3 is 9.30 Å². The number of likely N-dealkylation sites (tertiary alicyclic amines) is 1. The average molecular weight is 335 g/mol. The molecular weight excluding hydrogens is 310 g/mol. The fourth-order valence-corrected chi connectivity index (χ4v) is 3.58. The molecule has 1 aromatic heterocycles. The molecular formula is C21H25N3O. The van der Waals surface area contributed by atoms with E-state index in [2.05, 4.69) is 40.8 Å². The topological polar surface area (TPSA) is 30.3 Å². The Morgan fingerprint density at radius 1 is 0.960 bits per heavy atom. The maximum atomic E-state index is 5.92. The molecule has 0 radical (unpaired) electrons. The summed E-state index contributed by atoms with van der Waals surface area (Å²) < 4.78 is 8.06. The molecule has 4 rings (SSSR count). The maximum Gasteiger partial charge on any atom is 0.140 e. The first-order valence-corrected chi connectivity index (χ1v) is 9.18. The summed E-state index contributed by atoms with van der Waals surface area (Å²) >= 11 is 0. The Bertz CT molecular complexity index is 832. The van der Waals surface area contributed by atoms with Gasteiger partial charge in [-0.3, -0.25) is 4.90 Å². The Morgan fingerprint density at radius 2 is 1.72 bits per heavy atom. The second-order valence-corrected chi connectivity index (χ2v) is 6.76. The highest BCUT2D eigenvalue weighted by atomic mass is 16.5. The second kappa shape index (κ2) is 7.28. The summed E-state index contributed by atoms with van der Waals surface area (Å²) in [6.45, 7) is 4.21. The van der Waals surface area contributed by atoms with Gasteiger partial charge in [-0.15, -0.1) is 0 Å². The van der Waals surface area contributed by atoms with Crippen LogP contribution in [0.5, 0.6) is 5.75 Å². The van der Waals surface area contributed by atoms with Crippen LogP contribution in [0.2, 0.25) is 0 Å². The van der Waals surface area contributed by atoms with Crippen molar-refractivity contribution in [2.75, 3.05) is 26.2 Å². The Balaban J connectivity index is 1.41. The van der Waals surface area contributed by atoms with Crippen molar-refractivity contribution < 1.29 is 4.74 Å². The number of nitrogens with zero attached hydrogens (tertiary/aromatic N) is 3. The number of hydrogen-bond donors (Lipinski definition) is 0. The van der Waals surface area contributed by atoms with Crippen molar-refractivity contribution in [3.63, 3.8) is 0 Å². The molecule has 0 aliphatic carbocycles. The molecule has 0 saturated carbocycles. The van der Waals surface area contributed by atoms with Gasteiger partial charge in [-0.1, -0.05) is 18.6 Å². The predicted molar refractivity (Wildman–Crippen MR) is 102 cm³/mol. The number of fused-ring (bicyclic) bond motifs is 1. The lowest BCUT2D eigenvalue weighted by Gasteiger charge is -2.26. The van der Waals surface area contributed by atoms with Crippen molar-refractivity contribution in [1.29, 1.82) is 0 Å². The van der Waals surface area contributed by atoms with Gasteiger partial charge in [-0.25, -0.2) is 4.98 Å². The van der Waals surface area contributed by atoms with Gasteiger partial charge in [0.1, 0.15) is 18.2 Å². The normalized spacial score (nSPS) is 15.6. The lowest BCUT2D eigenvalue weighted by molar-refractivity contribution is 0.183. The second-order valence-electron chi connectivity index (χ2n) is 6.76. The molecule has 0 bridgehead atoms. The minimum Gasteiger partial charge on any atom is -0.492 e. The van der Waals surface area contributed by atoms with E-state index in [1.807, 2.05) is 24.3 Å². The van der Waals surface area contributed by atoms with Crippen LogP contribution in [-0.2, 0) is 7.05 Å². The summed E-state index contributed by atoms with van der Waals surface area (Å²) in [6, 6.07) is 16.5. The van der Waals surface area contributed by atoms with Crippen molar-refractivity contribution in [2.45, 2.75) is 19.3 Å². The number of aromatic nitrogens is 2. The average Bonchev–Trinajstić information content (AvgIpc) is 3.00. The fourth-order valence-electron chi connectivity index (χ4n) is 3.58. The summed E-state index contributed by atoms with van der Waals surface area (Å²) in [5.74, 6) is 1.92. The zero-order chi connectivity index (χ0) is 17.1. The van der Waals surface area contributed by atoms with Crippen LogP contribution in [0, 0.1) is 0 Å². The molecule has 3 aromatic rings. The van der Waals surface area contributed by atoms with E-state index in [0.29, 0.717) is 0 Å². The van der Waals surface area contributed by atoms with Crippen molar-refractivity contribution >= 4 is 11.0 Å². The van der Waals surface area contributed by atoms with Gasteiger partial charge >= 0.3 is 0 Å². The van der Waals surface area contributed by atoms with E-state index in [1.54, 1.807) is 0 Å². The third-order valence-corrected chi connectivity index (χ3v) is 5.02. The number of rotatable bonds is 5. The third kappa shape index (κ3) is 3.54. The fraction of sp³-hybridized carbons (Fsp3) is 0.381. The lowest BCUT2D eigenvalue weighted by Crippen LogP contribution is -2.33. The summed E-state index contributed by atoms with van der Waals surface area (Å²) in [4.78, 5) is 7.25. The molecule has 2 heterocycles. The molecule has 0 spiro atoms. The molecule has 0 atom stereocenters. The van der Waals surface area contributed by atoms with Gasteiger partial charge in [0.05, 0.1) is 11.0 Å². The van der Waals surface area contributed by atoms with E-state index < -0.39 is 0 Å². The van der Waals surface area contributed by atoms with Crippen LogP contribution in [-0.4, -0.2) is 40.7 Å². The molecule has 1 saturated heterocycles. The first kappa shape index (κ1) is 16.2. The Kier molecular flexibility index (Phi) is 4.70. The molecule has 4 heteroatoms. The van der Waals surface area contributed by atoms with Crippen molar-refractivity contribution in [3.05, 3.63) is 48.5 Å². The van der Waals surface area contributed by atoms with Crippen LogP contribution < -0.4 is 4.74 Å². The zero-order valence-corrected chi connectivity index (χ0v) is 14.8. The predicted octanol–water partition coefficient (Wildman–Crippen LogP) is 4.11. The highest BCUT2D eigenvalue weighted by Crippen LogP contribution is 2.25. The number of piperidine rings is 1. The van der Waals surface area contributed by atoms with Crippen LogP contribution >= 0.6 is 0 Å². The highest BCUT2D eigenvalue weighted by molar-refractivity contribution is 5.80. The van der Waals surface area contributed by atoms with Gasteiger partial charge in [0, 0.05) is 19.2 Å². The quantitative estimate of drug-likeness (QED) is 0.703. The Labute approximate surface area is 149 Å². The molecule has 1 fully saturated rings. The Morgan fingerprint density at radius 3 is 2.48 bits per heavy atom. The number of para-hydroxylation sites is 2. The zero-order valence-electron chi connectivity index (χ0n) is 14.8. The SMILES string of the molecule is Cn1c(-c2ccc(OCCN3CCCCC3)cc2)nc2ccccc21. The lowest BCUT2D eigenvalue weighted by atomic mass is 10.1. The Hall–Kier alpha value is -2.33. The molecule has 1 aliphatic rings. The van der Waals surface area contributed by atoms with E-state index in [1.165, 1.54) is 32.4 Å². The van der Waals surface area contributed by atoms with Crippen LogP contribution in [0.25, 0.3) is 22.4 Å². The summed E-state index contributed by atoms with van der Waals surface area (Å²) in [5, 5.41) is 0. The standard InChI is InChI=1S/C21H25N3O/c1-23-20-8-4-3-7-19(20)22-21(23)17-9-11-18(12-10-17)25-16-15-24-13-5-2-6-14-24/h3-4,7-12H,2,5-6,13-16H2,1H3. The van der Waals surface area contributed by atoms with E-state index in [-0.39, 0.29) is 0 Å². The van der Waals surface area contributed by atoms with E-state index >= 15 is 0 Å². The summed E-state index contributed by atoms with van der Waals surface area (Å²) in [5.41, 5.74) is 3.29. The van der Waals surface area contributed by atoms with Crippen molar-refractivity contribution in [3.8, 4) is 17.1 Å². The van der Waals surface area contributed by atoms with Crippen LogP contribution in [0.4, 0.5) is 0 Å². The number of benzene rings is 2. The third-order valence-electron chi connectivity index (χ3n) is 5.02. The molecule has 25 heavy (non-hydrogen) atoms. The van der Waals surface area contributed by atoms with Crippen LogP contribution in [0.3, 0.4) is 0 Å². The monoisotopic (exact) mass is 335 g/mol. The van der Waals surface area contributed by atoms with Gasteiger partial charge in [-0.05, 0) is 62.3 Å². The van der Waals surface area contributed by atoms with Gasteiger partial charge in [0.25, 0.3) is 0 Å². The van der Waals surface area contributed by atoms with E-state index in [0.717, 1.165) is 41.3 Å².